The van der Waals surface area contributed by atoms with Crippen molar-refractivity contribution in [3.8, 4) is 5.75 Å². The van der Waals surface area contributed by atoms with Crippen molar-refractivity contribution in [2.45, 2.75) is 19.1 Å². The Morgan fingerprint density at radius 3 is 2.44 bits per heavy atom. The van der Waals surface area contributed by atoms with E-state index in [1.807, 2.05) is 18.2 Å². The normalized spacial score (nSPS) is 15.1. The number of likely N-dealkylation sites (tertiary alicyclic amines) is 1. The Morgan fingerprint density at radius 2 is 1.76 bits per heavy atom. The number of hydrogen-bond donors (Lipinski definition) is 4. The molecule has 3 aromatic carbocycles. The predicted molar refractivity (Wildman–Crippen MR) is 136 cm³/mol. The Labute approximate surface area is 209 Å². The molecular formula is C24H26Cl2N4O4. The average molecular weight is 505 g/mol. The number of halogens is 2. The zero-order chi connectivity index (χ0) is 22.7. The minimum absolute atomic E-state index is 0. The molecule has 5 N–H and O–H groups in total. The monoisotopic (exact) mass is 504 g/mol. The molecule has 0 spiro atoms. The lowest BCUT2D eigenvalue weighted by Gasteiger charge is -2.17. The maximum absolute atomic E-state index is 11.2. The Kier molecular flexibility index (Phi) is 9.26. The number of carbonyl (C=O) groups excluding carboxylic acids is 1. The lowest BCUT2D eigenvalue weighted by Crippen LogP contribution is -2.24. The second kappa shape index (κ2) is 11.7. The molecule has 1 atom stereocenters. The quantitative estimate of drug-likeness (QED) is 0.230. The third kappa shape index (κ3) is 6.60. The molecule has 0 aliphatic carbocycles. The summed E-state index contributed by atoms with van der Waals surface area (Å²) in [6, 6.07) is 18.8. The van der Waals surface area contributed by atoms with Gasteiger partial charge in [0, 0.05) is 30.9 Å². The van der Waals surface area contributed by atoms with E-state index in [9.17, 15) is 9.59 Å². The lowest BCUT2D eigenvalue weighted by molar-refractivity contribution is -0.147. The number of aliphatic carboxylic acids is 1. The first-order valence-corrected chi connectivity index (χ1v) is 10.3. The summed E-state index contributed by atoms with van der Waals surface area (Å²) in [5, 5.41) is 20.8. The van der Waals surface area contributed by atoms with Crippen molar-refractivity contribution in [3.05, 3.63) is 71.8 Å². The molecule has 180 valence electrons. The first-order valence-electron chi connectivity index (χ1n) is 10.3. The number of anilines is 1. The first kappa shape index (κ1) is 26.9. The van der Waals surface area contributed by atoms with Crippen molar-refractivity contribution in [3.63, 3.8) is 0 Å². The molecule has 1 aliphatic heterocycles. The molecule has 0 saturated carbocycles. The highest BCUT2D eigenvalue weighted by Gasteiger charge is 2.24. The Hall–Kier alpha value is -3.33. The van der Waals surface area contributed by atoms with E-state index < -0.39 is 11.9 Å². The maximum atomic E-state index is 11.2. The highest BCUT2D eigenvalue weighted by Crippen LogP contribution is 2.23. The van der Waals surface area contributed by atoms with E-state index in [2.05, 4.69) is 28.4 Å². The Morgan fingerprint density at radius 1 is 1.06 bits per heavy atom. The van der Waals surface area contributed by atoms with Gasteiger partial charge in [-0.2, -0.15) is 0 Å². The van der Waals surface area contributed by atoms with Gasteiger partial charge in [0.15, 0.2) is 0 Å². The molecule has 0 radical (unpaired) electrons. The number of carboxylic acid groups (broad SMARTS) is 1. The zero-order valence-corrected chi connectivity index (χ0v) is 19.8. The second-order valence-electron chi connectivity index (χ2n) is 7.86. The van der Waals surface area contributed by atoms with Gasteiger partial charge in [-0.3, -0.25) is 15.1 Å². The van der Waals surface area contributed by atoms with Crippen LogP contribution in [0.2, 0.25) is 0 Å². The van der Waals surface area contributed by atoms with Gasteiger partial charge in [0.1, 0.15) is 17.7 Å². The van der Waals surface area contributed by atoms with Crippen LogP contribution in [0.3, 0.4) is 0 Å². The van der Waals surface area contributed by atoms with Crippen LogP contribution in [-0.2, 0) is 16.1 Å². The Bertz CT molecular complexity index is 1190. The number of carbonyl (C=O) groups is 2. The fraction of sp³-hybridized carbons (Fsp3) is 0.208. The van der Waals surface area contributed by atoms with Crippen molar-refractivity contribution in [2.24, 2.45) is 5.73 Å². The minimum atomic E-state index is -1.53. The smallest absolute Gasteiger partial charge is 0.394 e. The first-order chi connectivity index (χ1) is 15.4. The van der Waals surface area contributed by atoms with Crippen molar-refractivity contribution in [2.75, 3.05) is 18.4 Å². The molecule has 34 heavy (non-hydrogen) atoms. The van der Waals surface area contributed by atoms with E-state index >= 15 is 0 Å². The van der Waals surface area contributed by atoms with Gasteiger partial charge in [-0.1, -0.05) is 24.3 Å². The van der Waals surface area contributed by atoms with Crippen LogP contribution < -0.4 is 15.8 Å². The minimum Gasteiger partial charge on any atom is -0.489 e. The molecule has 1 amide bonds. The van der Waals surface area contributed by atoms with Gasteiger partial charge >= 0.3 is 11.9 Å². The number of ether oxygens (including phenoxy) is 1. The molecule has 1 fully saturated rings. The standard InChI is InChI=1S/C24H24N4O4.2ClH/c25-22(26)17-4-3-16-2-1-15(11-18(16)12-17)13-28-10-9-21(14-28)32-20-7-5-19(6-8-20)27-23(29)24(30)31;;/h1-8,11-12,21H,9-10,13-14H2,(H3,25,26)(H,27,29)(H,30,31);2*1H. The van der Waals surface area contributed by atoms with Gasteiger partial charge in [-0.15, -0.1) is 24.8 Å². The highest BCUT2D eigenvalue weighted by atomic mass is 35.5. The fourth-order valence-electron chi connectivity index (χ4n) is 3.85. The molecule has 1 heterocycles. The number of benzene rings is 3. The van der Waals surface area contributed by atoms with Gasteiger partial charge in [0.2, 0.25) is 0 Å². The molecule has 0 bridgehead atoms. The van der Waals surface area contributed by atoms with Crippen LogP contribution in [0.5, 0.6) is 5.75 Å². The number of rotatable bonds is 6. The third-order valence-electron chi connectivity index (χ3n) is 5.46. The van der Waals surface area contributed by atoms with Crippen LogP contribution in [0.25, 0.3) is 10.8 Å². The van der Waals surface area contributed by atoms with Gasteiger partial charge in [0.05, 0.1) is 0 Å². The van der Waals surface area contributed by atoms with Gasteiger partial charge in [0.25, 0.3) is 0 Å². The molecule has 1 aliphatic rings. The number of amides is 1. The second-order valence-corrected chi connectivity index (χ2v) is 7.86. The summed E-state index contributed by atoms with van der Waals surface area (Å²) in [6.07, 6.45) is 0.957. The number of nitrogens with one attached hydrogen (secondary N) is 2. The number of carboxylic acids is 1. The topological polar surface area (TPSA) is 129 Å². The van der Waals surface area contributed by atoms with E-state index in [1.165, 1.54) is 5.56 Å². The summed E-state index contributed by atoms with van der Waals surface area (Å²) in [5.74, 6) is -1.86. The third-order valence-corrected chi connectivity index (χ3v) is 5.46. The van der Waals surface area contributed by atoms with Crippen LogP contribution in [-0.4, -0.2) is 46.9 Å². The van der Waals surface area contributed by atoms with Crippen molar-refractivity contribution in [1.82, 2.24) is 4.90 Å². The largest absolute Gasteiger partial charge is 0.489 e. The van der Waals surface area contributed by atoms with Gasteiger partial charge in [-0.25, -0.2) is 4.79 Å². The van der Waals surface area contributed by atoms with Gasteiger partial charge in [-0.05, 0) is 59.2 Å². The highest BCUT2D eigenvalue weighted by molar-refractivity contribution is 6.36. The van der Waals surface area contributed by atoms with Gasteiger partial charge < -0.3 is 20.9 Å². The number of fused-ring (bicyclic) bond motifs is 1. The molecule has 4 rings (SSSR count). The SMILES string of the molecule is Cl.Cl.N=C(N)c1ccc2ccc(CN3CCC(Oc4ccc(NC(=O)C(=O)O)cc4)C3)cc2c1. The van der Waals surface area contributed by atoms with E-state index in [0.717, 1.165) is 42.4 Å². The summed E-state index contributed by atoms with van der Waals surface area (Å²) < 4.78 is 6.05. The van der Waals surface area contributed by atoms with Crippen LogP contribution in [0.1, 0.15) is 17.5 Å². The van der Waals surface area contributed by atoms with E-state index in [0.29, 0.717) is 11.4 Å². The fourth-order valence-corrected chi connectivity index (χ4v) is 3.85. The van der Waals surface area contributed by atoms with Crippen molar-refractivity contribution < 1.29 is 19.4 Å². The number of nitrogens with two attached hydrogens (primary N) is 1. The summed E-state index contributed by atoms with van der Waals surface area (Å²) in [6.45, 7) is 2.52. The maximum Gasteiger partial charge on any atom is 0.394 e. The summed E-state index contributed by atoms with van der Waals surface area (Å²) in [5.41, 5.74) is 7.93. The van der Waals surface area contributed by atoms with Crippen molar-refractivity contribution >= 4 is 59.0 Å². The lowest BCUT2D eigenvalue weighted by atomic mass is 10.0. The average Bonchev–Trinajstić information content (AvgIpc) is 3.21. The summed E-state index contributed by atoms with van der Waals surface area (Å²) in [7, 11) is 0. The van der Waals surface area contributed by atoms with E-state index in [1.54, 1.807) is 24.3 Å². The molecule has 10 heteroatoms. The molecule has 0 aromatic heterocycles. The Balaban J connectivity index is 0.00000204. The number of hydrogen-bond acceptors (Lipinski definition) is 5. The van der Waals surface area contributed by atoms with E-state index in [4.69, 9.17) is 21.0 Å². The number of amidine groups is 1. The predicted octanol–water partition coefficient (Wildman–Crippen LogP) is 3.64. The van der Waals surface area contributed by atoms with Crippen LogP contribution in [0.15, 0.2) is 60.7 Å². The molecule has 1 saturated heterocycles. The van der Waals surface area contributed by atoms with E-state index in [-0.39, 0.29) is 36.8 Å². The molecule has 8 nitrogen and oxygen atoms in total. The molecule has 3 aromatic rings. The van der Waals surface area contributed by atoms with Crippen molar-refractivity contribution in [1.29, 1.82) is 5.41 Å². The van der Waals surface area contributed by atoms with Crippen LogP contribution >= 0.6 is 24.8 Å². The summed E-state index contributed by atoms with van der Waals surface area (Å²) >= 11 is 0. The molecule has 1 unspecified atom stereocenters. The zero-order valence-electron chi connectivity index (χ0n) is 18.2. The summed E-state index contributed by atoms with van der Waals surface area (Å²) in [4.78, 5) is 24.2. The number of nitrogen functional groups attached to an aromatic ring is 1. The number of nitrogens with zero attached hydrogens (tertiary/aromatic N) is 1. The van der Waals surface area contributed by atoms with Crippen LogP contribution in [0.4, 0.5) is 5.69 Å². The van der Waals surface area contributed by atoms with Crippen LogP contribution in [0, 0.1) is 5.41 Å². The molecular weight excluding hydrogens is 479 g/mol.